The third-order valence-electron chi connectivity index (χ3n) is 6.71. The summed E-state index contributed by atoms with van der Waals surface area (Å²) < 4.78 is 14.4. The summed E-state index contributed by atoms with van der Waals surface area (Å²) in [6, 6.07) is 9.24. The van der Waals surface area contributed by atoms with Crippen molar-refractivity contribution in [1.29, 1.82) is 0 Å². The van der Waals surface area contributed by atoms with Crippen LogP contribution in [0.5, 0.6) is 11.5 Å². The molecule has 1 aliphatic heterocycles. The predicted molar refractivity (Wildman–Crippen MR) is 161 cm³/mol. The minimum Gasteiger partial charge on any atom is -0.493 e. The van der Waals surface area contributed by atoms with E-state index in [-0.39, 0.29) is 5.91 Å². The lowest BCUT2D eigenvalue weighted by atomic mass is 9.94. The molecule has 0 bridgehead atoms. The second-order valence-electron chi connectivity index (χ2n) is 9.93. The fourth-order valence-corrected chi connectivity index (χ4v) is 5.56. The maximum atomic E-state index is 13.9. The van der Waals surface area contributed by atoms with Gasteiger partial charge in [-0.25, -0.2) is 4.68 Å². The molecule has 4 rings (SSSR count). The van der Waals surface area contributed by atoms with E-state index in [2.05, 4.69) is 52.3 Å². The molecule has 10 heteroatoms. The highest BCUT2D eigenvalue weighted by molar-refractivity contribution is 9.10. The number of nitrogens with zero attached hydrogens (tertiary/aromatic N) is 3. The molecule has 0 saturated carbocycles. The first-order valence-corrected chi connectivity index (χ1v) is 14.9. The lowest BCUT2D eigenvalue weighted by Gasteiger charge is -2.29. The van der Waals surface area contributed by atoms with Gasteiger partial charge in [0.25, 0.3) is 5.91 Å². The number of anilines is 2. The summed E-state index contributed by atoms with van der Waals surface area (Å²) in [6.07, 6.45) is 0.927. The average Bonchev–Trinajstić information content (AvgIpc) is 3.28. The van der Waals surface area contributed by atoms with Crippen molar-refractivity contribution in [2.24, 2.45) is 5.92 Å². The van der Waals surface area contributed by atoms with Crippen LogP contribution in [0.2, 0.25) is 0 Å². The van der Waals surface area contributed by atoms with Crippen LogP contribution < -0.4 is 20.1 Å². The van der Waals surface area contributed by atoms with E-state index in [9.17, 15) is 4.79 Å². The molecule has 0 fully saturated rings. The highest BCUT2D eigenvalue weighted by Crippen LogP contribution is 2.43. The number of carbonyl (C=O) groups excluding carboxylic acids is 1. The molecule has 1 unspecified atom stereocenters. The molecular weight excluding hydrogens is 578 g/mol. The van der Waals surface area contributed by atoms with Crippen molar-refractivity contribution >= 4 is 45.2 Å². The first kappa shape index (κ1) is 29.0. The van der Waals surface area contributed by atoms with Crippen molar-refractivity contribution in [3.05, 3.63) is 62.8 Å². The lowest BCUT2D eigenvalue weighted by molar-refractivity contribution is -0.113. The fourth-order valence-electron chi connectivity index (χ4n) is 4.43. The van der Waals surface area contributed by atoms with E-state index in [1.807, 2.05) is 51.1 Å². The summed E-state index contributed by atoms with van der Waals surface area (Å²) in [6.45, 7) is 12.9. The minimum atomic E-state index is -0.542. The highest BCUT2D eigenvalue weighted by Gasteiger charge is 2.35. The van der Waals surface area contributed by atoms with Gasteiger partial charge >= 0.3 is 0 Å². The van der Waals surface area contributed by atoms with E-state index < -0.39 is 6.04 Å². The summed E-state index contributed by atoms with van der Waals surface area (Å²) in [7, 11) is 1.62. The molecule has 1 amide bonds. The summed E-state index contributed by atoms with van der Waals surface area (Å²) in [5.41, 5.74) is 4.99. The van der Waals surface area contributed by atoms with E-state index >= 15 is 0 Å². The fraction of sp³-hybridized carbons (Fsp3) is 0.414. The largest absolute Gasteiger partial charge is 0.493 e. The Balaban J connectivity index is 1.80. The number of aromatic nitrogens is 3. The molecule has 0 radical (unpaired) electrons. The molecule has 3 aromatic rings. The van der Waals surface area contributed by atoms with Crippen molar-refractivity contribution < 1.29 is 14.3 Å². The van der Waals surface area contributed by atoms with Crippen molar-refractivity contribution in [2.45, 2.75) is 59.2 Å². The maximum absolute atomic E-state index is 13.9. The number of ether oxygens (including phenoxy) is 2. The Morgan fingerprint density at radius 2 is 2.03 bits per heavy atom. The van der Waals surface area contributed by atoms with Gasteiger partial charge in [-0.15, -0.1) is 5.10 Å². The number of methoxy groups -OCH3 is 1. The van der Waals surface area contributed by atoms with Crippen LogP contribution in [-0.4, -0.2) is 40.1 Å². The number of thioether (sulfide) groups is 1. The number of allylic oxidation sites excluding steroid dienone is 1. The van der Waals surface area contributed by atoms with E-state index in [0.717, 1.165) is 39.0 Å². The number of halogens is 1. The van der Waals surface area contributed by atoms with Gasteiger partial charge in [-0.05, 0) is 89.7 Å². The smallest absolute Gasteiger partial charge is 0.255 e. The van der Waals surface area contributed by atoms with Crippen molar-refractivity contribution in [3.8, 4) is 11.5 Å². The molecule has 1 aliphatic rings. The third kappa shape index (κ3) is 6.27. The number of hydrogen-bond acceptors (Lipinski definition) is 7. The second-order valence-corrected chi connectivity index (χ2v) is 12.0. The maximum Gasteiger partial charge on any atom is 0.255 e. The van der Waals surface area contributed by atoms with Gasteiger partial charge in [0.1, 0.15) is 6.04 Å². The lowest BCUT2D eigenvalue weighted by Crippen LogP contribution is -2.31. The van der Waals surface area contributed by atoms with E-state index in [1.165, 1.54) is 0 Å². The molecule has 39 heavy (non-hydrogen) atoms. The molecule has 208 valence electrons. The topological polar surface area (TPSA) is 90.3 Å². The average molecular weight is 615 g/mol. The van der Waals surface area contributed by atoms with Crippen LogP contribution in [0.3, 0.4) is 0 Å². The Morgan fingerprint density at radius 3 is 2.72 bits per heavy atom. The van der Waals surface area contributed by atoms with Gasteiger partial charge in [0.15, 0.2) is 11.5 Å². The monoisotopic (exact) mass is 613 g/mol. The van der Waals surface area contributed by atoms with Gasteiger partial charge in [0.05, 0.1) is 23.8 Å². The van der Waals surface area contributed by atoms with Gasteiger partial charge in [-0.3, -0.25) is 4.79 Å². The number of hydrogen-bond donors (Lipinski definition) is 2. The van der Waals surface area contributed by atoms with Crippen LogP contribution >= 0.6 is 27.7 Å². The first-order chi connectivity index (χ1) is 18.6. The highest BCUT2D eigenvalue weighted by atomic mass is 79.9. The zero-order valence-corrected chi connectivity index (χ0v) is 25.9. The third-order valence-corrected chi connectivity index (χ3v) is 8.02. The van der Waals surface area contributed by atoms with Crippen LogP contribution in [0.15, 0.2) is 51.2 Å². The molecule has 1 atom stereocenters. The molecule has 2 heterocycles. The van der Waals surface area contributed by atoms with Gasteiger partial charge in [0.2, 0.25) is 11.1 Å². The quantitative estimate of drug-likeness (QED) is 0.235. The number of amides is 1. The van der Waals surface area contributed by atoms with Gasteiger partial charge in [-0.2, -0.15) is 4.98 Å². The SMILES string of the molecule is CCSc1nc2n(n1)C(c1cc(Br)c(OCCC(C)C)c(OC)c1)C(C(=O)Nc1cccc(C)c1C)=C(C)N2. The second kappa shape index (κ2) is 12.5. The molecular formula is C29H36BrN5O3S. The van der Waals surface area contributed by atoms with E-state index in [0.29, 0.717) is 46.4 Å². The minimum absolute atomic E-state index is 0.211. The number of aryl methyl sites for hydroxylation is 1. The Labute approximate surface area is 243 Å². The van der Waals surface area contributed by atoms with Crippen LogP contribution in [0.1, 0.15) is 56.8 Å². The van der Waals surface area contributed by atoms with Crippen molar-refractivity contribution in [3.63, 3.8) is 0 Å². The van der Waals surface area contributed by atoms with E-state index in [4.69, 9.17) is 14.6 Å². The van der Waals surface area contributed by atoms with Crippen molar-refractivity contribution in [1.82, 2.24) is 14.8 Å². The Kier molecular flexibility index (Phi) is 9.27. The molecule has 2 aromatic carbocycles. The number of fused-ring (bicyclic) bond motifs is 1. The number of nitrogens with one attached hydrogen (secondary N) is 2. The van der Waals surface area contributed by atoms with Gasteiger partial charge in [0, 0.05) is 11.4 Å². The number of benzene rings is 2. The molecule has 0 saturated heterocycles. The zero-order chi connectivity index (χ0) is 28.3. The van der Waals surface area contributed by atoms with Gasteiger partial charge < -0.3 is 20.1 Å². The normalized spacial score (nSPS) is 14.7. The molecule has 0 aliphatic carbocycles. The summed E-state index contributed by atoms with van der Waals surface area (Å²) in [5.74, 6) is 2.96. The van der Waals surface area contributed by atoms with Gasteiger partial charge in [-0.1, -0.05) is 44.7 Å². The van der Waals surface area contributed by atoms with Crippen LogP contribution in [0.25, 0.3) is 0 Å². The van der Waals surface area contributed by atoms with E-state index in [1.54, 1.807) is 23.6 Å². The Morgan fingerprint density at radius 1 is 1.26 bits per heavy atom. The summed E-state index contributed by atoms with van der Waals surface area (Å²) in [5, 5.41) is 11.9. The first-order valence-electron chi connectivity index (χ1n) is 13.1. The molecule has 8 nitrogen and oxygen atoms in total. The molecule has 2 N–H and O–H groups in total. The zero-order valence-electron chi connectivity index (χ0n) is 23.5. The summed E-state index contributed by atoms with van der Waals surface area (Å²) in [4.78, 5) is 18.6. The Hall–Kier alpha value is -2.98. The number of rotatable bonds is 10. The summed E-state index contributed by atoms with van der Waals surface area (Å²) >= 11 is 5.25. The standard InChI is InChI=1S/C29H36BrN5O3S/c1-8-39-29-33-28-31-19(6)24(27(36)32-22-11-9-10-17(4)18(22)5)25(35(28)34-29)20-14-21(30)26(23(15-20)37-7)38-13-12-16(2)3/h9-11,14-16,25H,8,12-13H2,1-7H3,(H,32,36)(H,31,33,34). The van der Waals surface area contributed by atoms with Crippen molar-refractivity contribution in [2.75, 3.05) is 30.1 Å². The Bertz CT molecular complexity index is 1400. The van der Waals surface area contributed by atoms with Crippen LogP contribution in [-0.2, 0) is 4.79 Å². The molecule has 0 spiro atoms. The predicted octanol–water partition coefficient (Wildman–Crippen LogP) is 7.13. The molecule has 1 aromatic heterocycles. The van der Waals surface area contributed by atoms with Crippen LogP contribution in [0, 0.1) is 19.8 Å². The number of carbonyl (C=O) groups is 1. The van der Waals surface area contributed by atoms with Crippen LogP contribution in [0.4, 0.5) is 11.6 Å².